The van der Waals surface area contributed by atoms with E-state index < -0.39 is 0 Å². The molecule has 0 spiro atoms. The molecular formula is C13H14BrN3O3. The molecule has 2 aromatic rings. The molecule has 0 aromatic carbocycles. The summed E-state index contributed by atoms with van der Waals surface area (Å²) in [6.45, 7) is 2.74. The van der Waals surface area contributed by atoms with Gasteiger partial charge in [0.1, 0.15) is 10.1 Å². The lowest BCUT2D eigenvalue weighted by molar-refractivity contribution is -0.145. The Morgan fingerprint density at radius 3 is 3.10 bits per heavy atom. The van der Waals surface area contributed by atoms with Crippen LogP contribution < -0.4 is 5.56 Å². The molecule has 0 saturated heterocycles. The summed E-state index contributed by atoms with van der Waals surface area (Å²) in [7, 11) is 0. The van der Waals surface area contributed by atoms with Crippen molar-refractivity contribution < 1.29 is 9.53 Å². The molecule has 6 nitrogen and oxygen atoms in total. The molecule has 20 heavy (non-hydrogen) atoms. The van der Waals surface area contributed by atoms with Crippen LogP contribution in [-0.2, 0) is 16.1 Å². The lowest BCUT2D eigenvalue weighted by atomic mass is 10.3. The van der Waals surface area contributed by atoms with Crippen molar-refractivity contribution in [3.63, 3.8) is 0 Å². The third-order valence-corrected chi connectivity index (χ3v) is 3.90. The molecule has 2 aromatic heterocycles. The van der Waals surface area contributed by atoms with Crippen LogP contribution in [0.1, 0.15) is 13.3 Å². The summed E-state index contributed by atoms with van der Waals surface area (Å²) in [6, 6.07) is 1.69. The van der Waals surface area contributed by atoms with E-state index in [1.165, 1.54) is 0 Å². The van der Waals surface area contributed by atoms with Gasteiger partial charge in [0.05, 0.1) is 12.5 Å². The van der Waals surface area contributed by atoms with E-state index in [-0.39, 0.29) is 23.4 Å². The summed E-state index contributed by atoms with van der Waals surface area (Å²) in [5, 5.41) is 4.12. The number of esters is 1. The fourth-order valence-corrected chi connectivity index (χ4v) is 2.77. The molecule has 0 amide bonds. The van der Waals surface area contributed by atoms with Gasteiger partial charge in [-0.2, -0.15) is 5.10 Å². The second-order valence-electron chi connectivity index (χ2n) is 4.91. The van der Waals surface area contributed by atoms with Crippen molar-refractivity contribution in [3.8, 4) is 0 Å². The summed E-state index contributed by atoms with van der Waals surface area (Å²) >= 11 is 3.25. The number of carbonyl (C=O) groups excluding carboxylic acids is 1. The van der Waals surface area contributed by atoms with Gasteiger partial charge in [-0.3, -0.25) is 9.59 Å². The first-order chi connectivity index (χ1) is 9.60. The smallest absolute Gasteiger partial charge is 0.309 e. The van der Waals surface area contributed by atoms with E-state index in [0.29, 0.717) is 23.3 Å². The molecule has 2 heterocycles. The van der Waals surface area contributed by atoms with Crippen LogP contribution in [0.4, 0.5) is 0 Å². The van der Waals surface area contributed by atoms with Crippen LogP contribution >= 0.6 is 15.9 Å². The van der Waals surface area contributed by atoms with Crippen LogP contribution in [0.5, 0.6) is 0 Å². The third-order valence-electron chi connectivity index (χ3n) is 3.52. The lowest BCUT2D eigenvalue weighted by Crippen LogP contribution is -2.23. The number of ether oxygens (including phenoxy) is 1. The van der Waals surface area contributed by atoms with Gasteiger partial charge in [-0.25, -0.2) is 4.52 Å². The Morgan fingerprint density at radius 1 is 1.55 bits per heavy atom. The second kappa shape index (κ2) is 5.05. The number of rotatable bonds is 4. The molecule has 0 N–H and O–H groups in total. The highest BCUT2D eigenvalue weighted by atomic mass is 79.9. The standard InChI is InChI=1S/C13H14BrN3O3/c1-2-20-13(19)9-5-8(9)7-16-3-4-17-10(12(16)18)6-11(14)15-17/h3-4,6,8-9H,2,5,7H2,1H3/t8-,9+/m0/s1. The van der Waals surface area contributed by atoms with Crippen molar-refractivity contribution in [1.82, 2.24) is 14.2 Å². The first-order valence-corrected chi connectivity index (χ1v) is 7.30. The van der Waals surface area contributed by atoms with Gasteiger partial charge >= 0.3 is 5.97 Å². The Balaban J connectivity index is 1.78. The van der Waals surface area contributed by atoms with Gasteiger partial charge in [0, 0.05) is 25.0 Å². The van der Waals surface area contributed by atoms with Gasteiger partial charge in [-0.05, 0) is 35.2 Å². The minimum atomic E-state index is -0.154. The van der Waals surface area contributed by atoms with E-state index in [1.54, 1.807) is 34.5 Å². The predicted molar refractivity (Wildman–Crippen MR) is 75.4 cm³/mol. The van der Waals surface area contributed by atoms with Crippen LogP contribution in [0.2, 0.25) is 0 Å². The normalized spacial score (nSPS) is 21.1. The summed E-state index contributed by atoms with van der Waals surface area (Å²) in [5.41, 5.74) is 0.424. The zero-order valence-electron chi connectivity index (χ0n) is 11.0. The number of hydrogen-bond donors (Lipinski definition) is 0. The zero-order chi connectivity index (χ0) is 14.3. The van der Waals surface area contributed by atoms with E-state index in [4.69, 9.17) is 4.74 Å². The maximum absolute atomic E-state index is 12.3. The average Bonchev–Trinajstić information content (AvgIpc) is 3.07. The van der Waals surface area contributed by atoms with Crippen LogP contribution in [-0.4, -0.2) is 26.8 Å². The van der Waals surface area contributed by atoms with E-state index in [1.807, 2.05) is 0 Å². The van der Waals surface area contributed by atoms with Crippen LogP contribution in [0, 0.1) is 11.8 Å². The molecule has 3 rings (SSSR count). The highest BCUT2D eigenvalue weighted by Crippen LogP contribution is 2.40. The molecule has 1 saturated carbocycles. The van der Waals surface area contributed by atoms with Crippen LogP contribution in [0.25, 0.3) is 5.52 Å². The molecule has 1 fully saturated rings. The first-order valence-electron chi connectivity index (χ1n) is 6.51. The van der Waals surface area contributed by atoms with Crippen molar-refractivity contribution in [2.75, 3.05) is 6.61 Å². The SMILES string of the molecule is CCOC(=O)[C@@H]1C[C@H]1Cn1ccn2nc(Br)cc2c1=O. The predicted octanol–water partition coefficient (Wildman–Crippen LogP) is 1.46. The summed E-state index contributed by atoms with van der Waals surface area (Å²) in [5.74, 6) is -0.0194. The molecule has 106 valence electrons. The summed E-state index contributed by atoms with van der Waals surface area (Å²) in [4.78, 5) is 23.8. The van der Waals surface area contributed by atoms with Crippen molar-refractivity contribution in [2.24, 2.45) is 11.8 Å². The van der Waals surface area contributed by atoms with E-state index >= 15 is 0 Å². The number of halogens is 1. The molecule has 0 radical (unpaired) electrons. The monoisotopic (exact) mass is 339 g/mol. The van der Waals surface area contributed by atoms with Crippen LogP contribution in [0.15, 0.2) is 27.9 Å². The Bertz CT molecular complexity index is 721. The maximum Gasteiger partial charge on any atom is 0.309 e. The zero-order valence-corrected chi connectivity index (χ0v) is 12.5. The van der Waals surface area contributed by atoms with E-state index in [2.05, 4.69) is 21.0 Å². The summed E-state index contributed by atoms with van der Waals surface area (Å²) in [6.07, 6.45) is 4.23. The van der Waals surface area contributed by atoms with Gasteiger partial charge in [0.25, 0.3) is 5.56 Å². The van der Waals surface area contributed by atoms with Gasteiger partial charge in [-0.15, -0.1) is 0 Å². The van der Waals surface area contributed by atoms with Crippen molar-refractivity contribution >= 4 is 27.4 Å². The molecule has 0 unspecified atom stereocenters. The molecule has 0 aliphatic heterocycles. The highest BCUT2D eigenvalue weighted by molar-refractivity contribution is 9.10. The molecule has 1 aliphatic carbocycles. The minimum Gasteiger partial charge on any atom is -0.466 e. The first kappa shape index (κ1) is 13.4. The molecule has 0 bridgehead atoms. The Hall–Kier alpha value is -1.63. The molecule has 1 aliphatic rings. The fraction of sp³-hybridized carbons (Fsp3) is 0.462. The molecule has 7 heteroatoms. The molecule has 2 atom stereocenters. The van der Waals surface area contributed by atoms with Crippen molar-refractivity contribution in [2.45, 2.75) is 19.9 Å². The Morgan fingerprint density at radius 2 is 2.35 bits per heavy atom. The van der Waals surface area contributed by atoms with Gasteiger partial charge < -0.3 is 9.30 Å². The van der Waals surface area contributed by atoms with Gasteiger partial charge in [0.15, 0.2) is 0 Å². The Kier molecular flexibility index (Phi) is 3.37. The van der Waals surface area contributed by atoms with Gasteiger partial charge in [0.2, 0.25) is 0 Å². The van der Waals surface area contributed by atoms with Gasteiger partial charge in [-0.1, -0.05) is 0 Å². The largest absolute Gasteiger partial charge is 0.466 e. The maximum atomic E-state index is 12.3. The minimum absolute atomic E-state index is 0.0604. The fourth-order valence-electron chi connectivity index (χ4n) is 2.38. The lowest BCUT2D eigenvalue weighted by Gasteiger charge is -2.05. The molecular weight excluding hydrogens is 326 g/mol. The highest BCUT2D eigenvalue weighted by Gasteiger charge is 2.44. The summed E-state index contributed by atoms with van der Waals surface area (Å²) < 4.78 is 8.79. The van der Waals surface area contributed by atoms with Crippen molar-refractivity contribution in [3.05, 3.63) is 33.4 Å². The van der Waals surface area contributed by atoms with E-state index in [9.17, 15) is 9.59 Å². The number of fused-ring (bicyclic) bond motifs is 1. The number of aromatic nitrogens is 3. The van der Waals surface area contributed by atoms with E-state index in [0.717, 1.165) is 6.42 Å². The van der Waals surface area contributed by atoms with Crippen molar-refractivity contribution in [1.29, 1.82) is 0 Å². The second-order valence-corrected chi connectivity index (χ2v) is 5.72. The Labute approximate surface area is 123 Å². The third kappa shape index (κ3) is 2.37. The number of hydrogen-bond acceptors (Lipinski definition) is 4. The number of carbonyl (C=O) groups is 1. The topological polar surface area (TPSA) is 65.6 Å². The average molecular weight is 340 g/mol. The van der Waals surface area contributed by atoms with Crippen LogP contribution in [0.3, 0.4) is 0 Å². The number of nitrogens with zero attached hydrogens (tertiary/aromatic N) is 3. The quantitative estimate of drug-likeness (QED) is 0.791.